The summed E-state index contributed by atoms with van der Waals surface area (Å²) in [5, 5.41) is 1.77. The Morgan fingerprint density at radius 2 is 2.20 bits per heavy atom. The van der Waals surface area contributed by atoms with Gasteiger partial charge in [-0.05, 0) is 24.3 Å². The lowest BCUT2D eigenvalue weighted by Crippen LogP contribution is -2.02. The van der Waals surface area contributed by atoms with Gasteiger partial charge in [0.25, 0.3) is 0 Å². The van der Waals surface area contributed by atoms with Crippen LogP contribution in [0.1, 0.15) is 5.56 Å². The Morgan fingerprint density at radius 3 is 3.13 bits per heavy atom. The Hall–Kier alpha value is -1.54. The second kappa shape index (κ2) is 3.24. The third-order valence-corrected chi connectivity index (χ3v) is 2.62. The highest BCUT2D eigenvalue weighted by molar-refractivity contribution is 6.31. The summed E-state index contributed by atoms with van der Waals surface area (Å²) in [7, 11) is 0. The molecule has 15 heavy (non-hydrogen) atoms. The van der Waals surface area contributed by atoms with Crippen LogP contribution in [0.3, 0.4) is 0 Å². The molecule has 1 aliphatic heterocycles. The molecule has 0 spiro atoms. The highest BCUT2D eigenvalue weighted by atomic mass is 35.5. The van der Waals surface area contributed by atoms with Gasteiger partial charge in [0.1, 0.15) is 6.61 Å². The minimum atomic E-state index is 0.589. The van der Waals surface area contributed by atoms with Crippen LogP contribution < -0.4 is 4.74 Å². The van der Waals surface area contributed by atoms with E-state index in [1.54, 1.807) is 0 Å². The van der Waals surface area contributed by atoms with Crippen molar-refractivity contribution in [2.24, 2.45) is 0 Å². The van der Waals surface area contributed by atoms with Crippen molar-refractivity contribution in [3.8, 4) is 5.88 Å². The molecule has 0 saturated heterocycles. The van der Waals surface area contributed by atoms with E-state index in [-0.39, 0.29) is 0 Å². The molecule has 2 aromatic rings. The van der Waals surface area contributed by atoms with Crippen molar-refractivity contribution < 1.29 is 4.74 Å². The maximum absolute atomic E-state index is 5.91. The van der Waals surface area contributed by atoms with Crippen molar-refractivity contribution in [3.05, 3.63) is 40.9 Å². The summed E-state index contributed by atoms with van der Waals surface area (Å²) in [5.41, 5.74) is 1.90. The lowest BCUT2D eigenvalue weighted by atomic mass is 10.1. The number of aromatic nitrogens is 1. The van der Waals surface area contributed by atoms with Crippen molar-refractivity contribution in [1.29, 1.82) is 0 Å². The van der Waals surface area contributed by atoms with Crippen LogP contribution in [0.4, 0.5) is 0 Å². The fourth-order valence-corrected chi connectivity index (χ4v) is 1.84. The highest BCUT2D eigenvalue weighted by Crippen LogP contribution is 2.27. The molecule has 0 fully saturated rings. The molecule has 0 N–H and O–H groups in total. The molecule has 2 heterocycles. The van der Waals surface area contributed by atoms with E-state index in [0.29, 0.717) is 17.5 Å². The number of nitrogens with zero attached hydrogens (tertiary/aromatic N) is 1. The minimum Gasteiger partial charge on any atom is -0.473 e. The fraction of sp³-hybridized carbons (Fsp3) is 0.0833. The van der Waals surface area contributed by atoms with E-state index in [9.17, 15) is 0 Å². The summed E-state index contributed by atoms with van der Waals surface area (Å²) < 4.78 is 5.43. The van der Waals surface area contributed by atoms with Crippen molar-refractivity contribution in [3.63, 3.8) is 0 Å². The molecule has 3 heteroatoms. The SMILES string of the molecule is Clc1ccc2cc3c(nc2c1)OCC=C3. The van der Waals surface area contributed by atoms with Crippen LogP contribution in [0, 0.1) is 0 Å². The maximum atomic E-state index is 5.91. The van der Waals surface area contributed by atoms with Crippen LogP contribution in [-0.4, -0.2) is 11.6 Å². The first-order valence-electron chi connectivity index (χ1n) is 4.72. The molecule has 0 bridgehead atoms. The average molecular weight is 218 g/mol. The Bertz CT molecular complexity index is 563. The van der Waals surface area contributed by atoms with Gasteiger partial charge in [-0.3, -0.25) is 0 Å². The average Bonchev–Trinajstić information content (AvgIpc) is 2.26. The zero-order valence-corrected chi connectivity index (χ0v) is 8.66. The van der Waals surface area contributed by atoms with Gasteiger partial charge in [-0.1, -0.05) is 23.7 Å². The molecule has 0 radical (unpaired) electrons. The number of benzene rings is 1. The first kappa shape index (κ1) is 8.74. The predicted molar refractivity (Wildman–Crippen MR) is 61.3 cm³/mol. The Morgan fingerprint density at radius 1 is 1.27 bits per heavy atom. The molecule has 3 rings (SSSR count). The van der Waals surface area contributed by atoms with Crippen molar-refractivity contribution in [2.45, 2.75) is 0 Å². The smallest absolute Gasteiger partial charge is 0.221 e. The second-order valence-corrected chi connectivity index (χ2v) is 3.87. The number of halogens is 1. The normalized spacial score (nSPS) is 13.7. The van der Waals surface area contributed by atoms with Crippen LogP contribution in [0.2, 0.25) is 5.02 Å². The van der Waals surface area contributed by atoms with Gasteiger partial charge in [-0.15, -0.1) is 0 Å². The number of ether oxygens (including phenoxy) is 1. The minimum absolute atomic E-state index is 0.589. The summed E-state index contributed by atoms with van der Waals surface area (Å²) >= 11 is 5.91. The topological polar surface area (TPSA) is 22.1 Å². The standard InChI is InChI=1S/C12H8ClNO/c13-10-4-3-8-6-9-2-1-5-15-12(9)14-11(8)7-10/h1-4,6-7H,5H2. The Balaban J connectivity index is 2.32. The first-order valence-corrected chi connectivity index (χ1v) is 5.10. The molecular weight excluding hydrogens is 210 g/mol. The van der Waals surface area contributed by atoms with Gasteiger partial charge in [0, 0.05) is 16.0 Å². The lowest BCUT2D eigenvalue weighted by molar-refractivity contribution is 0.345. The van der Waals surface area contributed by atoms with Gasteiger partial charge in [-0.25, -0.2) is 4.98 Å². The van der Waals surface area contributed by atoms with E-state index in [1.165, 1.54) is 0 Å². The van der Waals surface area contributed by atoms with Crippen LogP contribution in [0.25, 0.3) is 17.0 Å². The molecule has 0 amide bonds. The fourth-order valence-electron chi connectivity index (χ4n) is 1.68. The summed E-state index contributed by atoms with van der Waals surface area (Å²) in [6.07, 6.45) is 4.01. The highest BCUT2D eigenvalue weighted by Gasteiger charge is 2.08. The first-order chi connectivity index (χ1) is 7.33. The number of pyridine rings is 1. The number of fused-ring (bicyclic) bond motifs is 2. The van der Waals surface area contributed by atoms with Gasteiger partial charge in [0.2, 0.25) is 5.88 Å². The summed E-state index contributed by atoms with van der Waals surface area (Å²) in [4.78, 5) is 4.42. The predicted octanol–water partition coefficient (Wildman–Crippen LogP) is 3.29. The maximum Gasteiger partial charge on any atom is 0.221 e. The monoisotopic (exact) mass is 217 g/mol. The summed E-state index contributed by atoms with van der Waals surface area (Å²) in [6, 6.07) is 7.74. The number of hydrogen-bond donors (Lipinski definition) is 0. The molecule has 0 unspecified atom stereocenters. The van der Waals surface area contributed by atoms with Crippen molar-refractivity contribution >= 4 is 28.6 Å². The molecular formula is C12H8ClNO. The molecule has 0 aliphatic carbocycles. The van der Waals surface area contributed by atoms with E-state index < -0.39 is 0 Å². The molecule has 1 aliphatic rings. The second-order valence-electron chi connectivity index (χ2n) is 3.43. The van der Waals surface area contributed by atoms with Gasteiger partial charge in [-0.2, -0.15) is 0 Å². The summed E-state index contributed by atoms with van der Waals surface area (Å²) in [6.45, 7) is 0.589. The molecule has 1 aromatic carbocycles. The van der Waals surface area contributed by atoms with E-state index in [1.807, 2.05) is 30.4 Å². The zero-order valence-electron chi connectivity index (χ0n) is 7.90. The van der Waals surface area contributed by atoms with Crippen molar-refractivity contribution in [2.75, 3.05) is 6.61 Å². The van der Waals surface area contributed by atoms with Gasteiger partial charge < -0.3 is 4.74 Å². The van der Waals surface area contributed by atoms with Gasteiger partial charge >= 0.3 is 0 Å². The molecule has 74 valence electrons. The quantitative estimate of drug-likeness (QED) is 0.676. The van der Waals surface area contributed by atoms with Crippen LogP contribution >= 0.6 is 11.6 Å². The van der Waals surface area contributed by atoms with Crippen molar-refractivity contribution in [1.82, 2.24) is 4.98 Å². The molecule has 2 nitrogen and oxygen atoms in total. The van der Waals surface area contributed by atoms with Gasteiger partial charge in [0.15, 0.2) is 0 Å². The Kier molecular flexibility index (Phi) is 1.89. The van der Waals surface area contributed by atoms with E-state index in [0.717, 1.165) is 16.5 Å². The molecule has 1 aromatic heterocycles. The van der Waals surface area contributed by atoms with Gasteiger partial charge in [0.05, 0.1) is 5.52 Å². The van der Waals surface area contributed by atoms with Crippen LogP contribution in [0.15, 0.2) is 30.3 Å². The zero-order chi connectivity index (χ0) is 10.3. The molecule has 0 atom stereocenters. The van der Waals surface area contributed by atoms with Crippen LogP contribution in [0.5, 0.6) is 5.88 Å². The number of rotatable bonds is 0. The van der Waals surface area contributed by atoms with E-state index in [4.69, 9.17) is 16.3 Å². The Labute approximate surface area is 92.1 Å². The molecule has 0 saturated carbocycles. The van der Waals surface area contributed by atoms with Crippen LogP contribution in [-0.2, 0) is 0 Å². The van der Waals surface area contributed by atoms with E-state index >= 15 is 0 Å². The third kappa shape index (κ3) is 1.47. The number of hydrogen-bond acceptors (Lipinski definition) is 2. The third-order valence-electron chi connectivity index (χ3n) is 2.39. The van der Waals surface area contributed by atoms with E-state index in [2.05, 4.69) is 11.1 Å². The summed E-state index contributed by atoms with van der Waals surface area (Å²) in [5.74, 6) is 0.687. The lowest BCUT2D eigenvalue weighted by Gasteiger charge is -2.11. The largest absolute Gasteiger partial charge is 0.473 e.